The van der Waals surface area contributed by atoms with E-state index in [2.05, 4.69) is 15.2 Å². The van der Waals surface area contributed by atoms with Crippen LogP contribution in [0.15, 0.2) is 22.9 Å². The van der Waals surface area contributed by atoms with Crippen LogP contribution >= 0.6 is 0 Å². The molecular weight excluding hydrogens is 342 g/mol. The van der Waals surface area contributed by atoms with Gasteiger partial charge in [-0.3, -0.25) is 9.48 Å². The maximum Gasteiger partial charge on any atom is 0.259 e. The first-order valence-electron chi connectivity index (χ1n) is 9.69. The van der Waals surface area contributed by atoms with Crippen LogP contribution in [0.1, 0.15) is 71.5 Å². The lowest BCUT2D eigenvalue weighted by Gasteiger charge is -2.36. The van der Waals surface area contributed by atoms with Gasteiger partial charge in [0.15, 0.2) is 0 Å². The van der Waals surface area contributed by atoms with Crippen molar-refractivity contribution in [1.82, 2.24) is 24.8 Å². The van der Waals surface area contributed by atoms with Crippen molar-refractivity contribution in [2.45, 2.75) is 51.0 Å². The van der Waals surface area contributed by atoms with Gasteiger partial charge < -0.3 is 9.42 Å². The normalized spacial score (nSPS) is 20.4. The summed E-state index contributed by atoms with van der Waals surface area (Å²) in [6, 6.07) is 4.03. The van der Waals surface area contributed by atoms with Gasteiger partial charge in [-0.25, -0.2) is 4.98 Å². The van der Waals surface area contributed by atoms with Gasteiger partial charge in [-0.2, -0.15) is 5.10 Å². The summed E-state index contributed by atoms with van der Waals surface area (Å²) in [6.07, 6.45) is 7.14. The lowest BCUT2D eigenvalue weighted by atomic mass is 9.97. The Morgan fingerprint density at radius 2 is 2.11 bits per heavy atom. The van der Waals surface area contributed by atoms with Gasteiger partial charge in [0, 0.05) is 31.4 Å². The standard InChI is InChI=1S/C20H23N5O2/c1-12-18-14(11-15(13-6-7-13)22-19(18)27-23-12)20(26)25-10-4-3-5-17(25)16-8-9-21-24(16)2/h8-9,11,13,17H,3-7,10H2,1-2H3. The van der Waals surface area contributed by atoms with E-state index >= 15 is 0 Å². The lowest BCUT2D eigenvalue weighted by molar-refractivity contribution is 0.0603. The molecule has 7 heteroatoms. The highest BCUT2D eigenvalue weighted by Crippen LogP contribution is 2.41. The van der Waals surface area contributed by atoms with E-state index in [9.17, 15) is 4.79 Å². The molecule has 1 aliphatic heterocycles. The summed E-state index contributed by atoms with van der Waals surface area (Å²) in [5.74, 6) is 0.488. The molecule has 3 aromatic heterocycles. The molecule has 5 rings (SSSR count). The quantitative estimate of drug-likeness (QED) is 0.710. The molecule has 1 amide bonds. The number of nitrogens with zero attached hydrogens (tertiary/aromatic N) is 5. The zero-order chi connectivity index (χ0) is 18.5. The van der Waals surface area contributed by atoms with Crippen LogP contribution in [0.25, 0.3) is 11.1 Å². The van der Waals surface area contributed by atoms with Crippen molar-refractivity contribution in [2.24, 2.45) is 7.05 Å². The third-order valence-corrected chi connectivity index (χ3v) is 5.83. The molecule has 1 atom stereocenters. The Balaban J connectivity index is 1.60. The Labute approximate surface area is 157 Å². The molecule has 0 spiro atoms. The second-order valence-corrected chi connectivity index (χ2v) is 7.71. The van der Waals surface area contributed by atoms with Crippen molar-refractivity contribution in [1.29, 1.82) is 0 Å². The first kappa shape index (κ1) is 16.5. The van der Waals surface area contributed by atoms with E-state index in [0.717, 1.165) is 61.1 Å². The molecule has 0 bridgehead atoms. The van der Waals surface area contributed by atoms with Gasteiger partial charge in [0.05, 0.1) is 28.4 Å². The molecule has 2 fully saturated rings. The molecule has 140 valence electrons. The summed E-state index contributed by atoms with van der Waals surface area (Å²) in [7, 11) is 1.94. The Morgan fingerprint density at radius 1 is 1.26 bits per heavy atom. The maximum atomic E-state index is 13.7. The Bertz CT molecular complexity index is 1020. The van der Waals surface area contributed by atoms with E-state index in [1.54, 1.807) is 6.20 Å². The topological polar surface area (TPSA) is 77.1 Å². The summed E-state index contributed by atoms with van der Waals surface area (Å²) in [4.78, 5) is 20.3. The number of rotatable bonds is 3. The number of aryl methyl sites for hydroxylation is 2. The fraction of sp³-hybridized carbons (Fsp3) is 0.500. The molecule has 1 saturated heterocycles. The summed E-state index contributed by atoms with van der Waals surface area (Å²) in [6.45, 7) is 2.62. The average molecular weight is 365 g/mol. The number of amides is 1. The van der Waals surface area contributed by atoms with Crippen LogP contribution in [0, 0.1) is 6.92 Å². The fourth-order valence-corrected chi connectivity index (χ4v) is 4.22. The van der Waals surface area contributed by atoms with E-state index in [1.807, 2.05) is 35.7 Å². The van der Waals surface area contributed by atoms with Crippen LogP contribution in [-0.2, 0) is 7.05 Å². The maximum absolute atomic E-state index is 13.7. The molecule has 3 aromatic rings. The van der Waals surface area contributed by atoms with Crippen LogP contribution in [-0.4, -0.2) is 37.3 Å². The fourth-order valence-electron chi connectivity index (χ4n) is 4.22. The highest BCUT2D eigenvalue weighted by Gasteiger charge is 2.34. The summed E-state index contributed by atoms with van der Waals surface area (Å²) >= 11 is 0. The minimum Gasteiger partial charge on any atom is -0.336 e. The Hall–Kier alpha value is -2.70. The molecule has 0 aromatic carbocycles. The molecule has 1 unspecified atom stereocenters. The molecule has 2 aliphatic rings. The van der Waals surface area contributed by atoms with Gasteiger partial charge in [-0.1, -0.05) is 5.16 Å². The predicted molar refractivity (Wildman–Crippen MR) is 99.4 cm³/mol. The smallest absolute Gasteiger partial charge is 0.259 e. The SMILES string of the molecule is Cc1noc2nc(C3CC3)cc(C(=O)N3CCCCC3c3ccnn3C)c12. The van der Waals surface area contributed by atoms with E-state index in [0.29, 0.717) is 17.2 Å². The minimum absolute atomic E-state index is 0.0431. The number of carbonyl (C=O) groups is 1. The first-order valence-corrected chi connectivity index (χ1v) is 9.69. The molecule has 1 saturated carbocycles. The van der Waals surface area contributed by atoms with E-state index in [-0.39, 0.29) is 11.9 Å². The van der Waals surface area contributed by atoms with Gasteiger partial charge in [0.2, 0.25) is 0 Å². The van der Waals surface area contributed by atoms with E-state index in [1.165, 1.54) is 0 Å². The van der Waals surface area contributed by atoms with Crippen LogP contribution in [0.3, 0.4) is 0 Å². The second-order valence-electron chi connectivity index (χ2n) is 7.71. The molecule has 7 nitrogen and oxygen atoms in total. The minimum atomic E-state index is 0.0431. The number of aromatic nitrogens is 4. The zero-order valence-corrected chi connectivity index (χ0v) is 15.7. The van der Waals surface area contributed by atoms with Gasteiger partial charge >= 0.3 is 0 Å². The number of fused-ring (bicyclic) bond motifs is 1. The Kier molecular flexibility index (Phi) is 3.77. The summed E-state index contributed by atoms with van der Waals surface area (Å²) < 4.78 is 7.29. The van der Waals surface area contributed by atoms with Crippen molar-refractivity contribution >= 4 is 17.0 Å². The van der Waals surface area contributed by atoms with Gasteiger partial charge in [0.1, 0.15) is 0 Å². The van der Waals surface area contributed by atoms with Crippen LogP contribution in [0.5, 0.6) is 0 Å². The van der Waals surface area contributed by atoms with Crippen molar-refractivity contribution < 1.29 is 9.32 Å². The predicted octanol–water partition coefficient (Wildman–Crippen LogP) is 3.51. The number of carbonyl (C=O) groups excluding carboxylic acids is 1. The van der Waals surface area contributed by atoms with Crippen molar-refractivity contribution in [3.05, 3.63) is 41.0 Å². The van der Waals surface area contributed by atoms with Gasteiger partial charge in [-0.05, 0) is 51.2 Å². The summed E-state index contributed by atoms with van der Waals surface area (Å²) in [5, 5.41) is 9.12. The lowest BCUT2D eigenvalue weighted by Crippen LogP contribution is -2.39. The average Bonchev–Trinajstić information content (AvgIpc) is 3.36. The van der Waals surface area contributed by atoms with Crippen LogP contribution < -0.4 is 0 Å². The highest BCUT2D eigenvalue weighted by molar-refractivity contribution is 6.06. The second kappa shape index (κ2) is 6.18. The van der Waals surface area contributed by atoms with Gasteiger partial charge in [0.25, 0.3) is 11.6 Å². The number of hydrogen-bond acceptors (Lipinski definition) is 5. The monoisotopic (exact) mass is 365 g/mol. The first-order chi connectivity index (χ1) is 13.1. The number of piperidine rings is 1. The third kappa shape index (κ3) is 2.72. The third-order valence-electron chi connectivity index (χ3n) is 5.83. The molecule has 4 heterocycles. The Morgan fingerprint density at radius 3 is 2.85 bits per heavy atom. The van der Waals surface area contributed by atoms with Crippen molar-refractivity contribution in [3.8, 4) is 0 Å². The van der Waals surface area contributed by atoms with Crippen molar-refractivity contribution in [2.75, 3.05) is 6.54 Å². The molecular formula is C20H23N5O2. The van der Waals surface area contributed by atoms with Crippen molar-refractivity contribution in [3.63, 3.8) is 0 Å². The van der Waals surface area contributed by atoms with Crippen LogP contribution in [0.2, 0.25) is 0 Å². The number of hydrogen-bond donors (Lipinski definition) is 0. The number of likely N-dealkylation sites (tertiary alicyclic amines) is 1. The largest absolute Gasteiger partial charge is 0.336 e. The highest BCUT2D eigenvalue weighted by atomic mass is 16.5. The van der Waals surface area contributed by atoms with Crippen LogP contribution in [0.4, 0.5) is 0 Å². The van der Waals surface area contributed by atoms with E-state index < -0.39 is 0 Å². The van der Waals surface area contributed by atoms with E-state index in [4.69, 9.17) is 4.52 Å². The molecule has 1 aliphatic carbocycles. The van der Waals surface area contributed by atoms with Gasteiger partial charge in [-0.15, -0.1) is 0 Å². The number of pyridine rings is 1. The molecule has 0 N–H and O–H groups in total. The summed E-state index contributed by atoms with van der Waals surface area (Å²) in [5.41, 5.74) is 3.91. The molecule has 27 heavy (non-hydrogen) atoms. The molecule has 0 radical (unpaired) electrons. The zero-order valence-electron chi connectivity index (χ0n) is 15.7.